The van der Waals surface area contributed by atoms with Crippen LogP contribution in [0.4, 0.5) is 0 Å². The molecule has 1 aromatic heterocycles. The zero-order chi connectivity index (χ0) is 15.3. The molecule has 0 saturated carbocycles. The molecule has 0 spiro atoms. The minimum absolute atomic E-state index is 0.0594. The topological polar surface area (TPSA) is 32.3 Å². The van der Waals surface area contributed by atoms with Crippen LogP contribution in [-0.2, 0) is 0 Å². The van der Waals surface area contributed by atoms with Crippen LogP contribution in [-0.4, -0.2) is 35.5 Å². The van der Waals surface area contributed by atoms with Crippen LogP contribution in [0.2, 0.25) is 0 Å². The van der Waals surface area contributed by atoms with E-state index in [9.17, 15) is 4.79 Å². The molecule has 22 heavy (non-hydrogen) atoms. The molecule has 1 atom stereocenters. The second kappa shape index (κ2) is 5.07. The van der Waals surface area contributed by atoms with Gasteiger partial charge in [0.05, 0.1) is 0 Å². The minimum Gasteiger partial charge on any atom is -0.347 e. The lowest BCUT2D eigenvalue weighted by molar-refractivity contribution is -0.0378. The average molecular weight is 314 g/mol. The summed E-state index contributed by atoms with van der Waals surface area (Å²) in [5.74, 6) is 0.691. The van der Waals surface area contributed by atoms with Crippen LogP contribution >= 0.6 is 11.3 Å². The van der Waals surface area contributed by atoms with E-state index in [-0.39, 0.29) is 17.5 Å². The van der Waals surface area contributed by atoms with Crippen LogP contribution < -0.4 is 5.32 Å². The number of carbonyl (C=O) groups excluding carboxylic acids is 1. The maximum absolute atomic E-state index is 12.7. The number of rotatable bonds is 2. The molecule has 116 valence electrons. The fraction of sp³-hybridized carbons (Fsp3) is 0.500. The van der Waals surface area contributed by atoms with Crippen LogP contribution in [0, 0.1) is 5.92 Å². The smallest absolute Gasteiger partial charge is 0.251 e. The zero-order valence-electron chi connectivity index (χ0n) is 13.1. The normalized spacial score (nSPS) is 29.6. The van der Waals surface area contributed by atoms with Gasteiger partial charge in [0, 0.05) is 21.8 Å². The van der Waals surface area contributed by atoms with Gasteiger partial charge in [-0.1, -0.05) is 6.07 Å². The van der Waals surface area contributed by atoms with Crippen molar-refractivity contribution >= 4 is 27.3 Å². The van der Waals surface area contributed by atoms with Gasteiger partial charge in [0.2, 0.25) is 0 Å². The Balaban J connectivity index is 1.58. The van der Waals surface area contributed by atoms with Crippen molar-refractivity contribution in [2.75, 3.05) is 13.1 Å². The monoisotopic (exact) mass is 314 g/mol. The number of amides is 1. The number of benzene rings is 1. The Morgan fingerprint density at radius 1 is 1.27 bits per heavy atom. The fourth-order valence-electron chi connectivity index (χ4n) is 4.20. The third kappa shape index (κ3) is 2.17. The third-order valence-corrected chi connectivity index (χ3v) is 6.47. The number of carbonyl (C=O) groups is 1. The third-order valence-electron chi connectivity index (χ3n) is 5.59. The van der Waals surface area contributed by atoms with Crippen LogP contribution in [0.15, 0.2) is 29.6 Å². The Morgan fingerprint density at radius 3 is 2.77 bits per heavy atom. The van der Waals surface area contributed by atoms with Gasteiger partial charge in [0.25, 0.3) is 5.91 Å². The second-order valence-electron chi connectivity index (χ2n) is 7.10. The van der Waals surface area contributed by atoms with Gasteiger partial charge in [-0.15, -0.1) is 11.3 Å². The molecule has 3 saturated heterocycles. The van der Waals surface area contributed by atoms with Crippen molar-refractivity contribution in [2.45, 2.75) is 38.3 Å². The van der Waals surface area contributed by atoms with Crippen molar-refractivity contribution in [3.8, 4) is 0 Å². The summed E-state index contributed by atoms with van der Waals surface area (Å²) >= 11 is 1.69. The molecule has 1 N–H and O–H groups in total. The number of hydrogen-bond acceptors (Lipinski definition) is 3. The first-order chi connectivity index (χ1) is 10.6. The molecule has 1 unspecified atom stereocenters. The quantitative estimate of drug-likeness (QED) is 0.920. The predicted molar refractivity (Wildman–Crippen MR) is 91.5 cm³/mol. The van der Waals surface area contributed by atoms with Gasteiger partial charge in [-0.05, 0) is 74.7 Å². The number of nitrogens with one attached hydrogen (secondary N) is 1. The maximum atomic E-state index is 12.7. The molecule has 1 aromatic carbocycles. The molecular formula is C18H22N2OS. The number of fused-ring (bicyclic) bond motifs is 4. The minimum atomic E-state index is 0.0594. The van der Waals surface area contributed by atoms with E-state index >= 15 is 0 Å². The summed E-state index contributed by atoms with van der Waals surface area (Å²) < 4.78 is 1.18. The lowest BCUT2D eigenvalue weighted by Gasteiger charge is -2.56. The van der Waals surface area contributed by atoms with E-state index in [4.69, 9.17) is 0 Å². The van der Waals surface area contributed by atoms with E-state index in [2.05, 4.69) is 35.5 Å². The highest BCUT2D eigenvalue weighted by atomic mass is 32.1. The fourth-order valence-corrected chi connectivity index (χ4v) is 5.03. The summed E-state index contributed by atoms with van der Waals surface area (Å²) in [6.07, 6.45) is 2.41. The van der Waals surface area contributed by atoms with Gasteiger partial charge in [0.1, 0.15) is 0 Å². The van der Waals surface area contributed by atoms with Gasteiger partial charge >= 0.3 is 0 Å². The lowest BCUT2D eigenvalue weighted by Crippen LogP contribution is -2.69. The lowest BCUT2D eigenvalue weighted by atomic mass is 9.72. The molecule has 3 fully saturated rings. The summed E-state index contributed by atoms with van der Waals surface area (Å²) in [6, 6.07) is 8.35. The molecule has 4 heterocycles. The first-order valence-corrected chi connectivity index (χ1v) is 8.97. The molecule has 4 heteroatoms. The molecule has 1 amide bonds. The average Bonchev–Trinajstić information content (AvgIpc) is 2.98. The highest BCUT2D eigenvalue weighted by molar-refractivity contribution is 7.17. The molecule has 3 nitrogen and oxygen atoms in total. The van der Waals surface area contributed by atoms with E-state index in [1.807, 2.05) is 18.2 Å². The van der Waals surface area contributed by atoms with Crippen molar-refractivity contribution in [3.05, 3.63) is 35.2 Å². The van der Waals surface area contributed by atoms with Crippen molar-refractivity contribution in [2.24, 2.45) is 5.92 Å². The van der Waals surface area contributed by atoms with Crippen molar-refractivity contribution < 1.29 is 4.79 Å². The standard InChI is InChI=1S/C18H22N2OS/c1-18(2)16(13-5-8-20(18)9-6-13)19-17(21)14-4-3-12-7-10-22-15(12)11-14/h3-4,7,10-11,13,16H,5-6,8-9H2,1-2H3,(H,19,21). The van der Waals surface area contributed by atoms with Crippen molar-refractivity contribution in [1.29, 1.82) is 0 Å². The van der Waals surface area contributed by atoms with Crippen LogP contribution in [0.25, 0.3) is 10.1 Å². The summed E-state index contributed by atoms with van der Waals surface area (Å²) in [5.41, 5.74) is 0.839. The Kier molecular flexibility index (Phi) is 3.27. The predicted octanol–water partition coefficient (Wildman–Crippen LogP) is 3.50. The number of piperidine rings is 3. The van der Waals surface area contributed by atoms with Gasteiger partial charge in [-0.25, -0.2) is 0 Å². The molecule has 0 radical (unpaired) electrons. The molecule has 0 aliphatic carbocycles. The number of hydrogen-bond donors (Lipinski definition) is 1. The van der Waals surface area contributed by atoms with Crippen molar-refractivity contribution in [1.82, 2.24) is 10.2 Å². The molecule has 5 rings (SSSR count). The molecule has 2 bridgehead atoms. The summed E-state index contributed by atoms with van der Waals surface area (Å²) in [5, 5.41) is 6.62. The van der Waals surface area contributed by atoms with E-state index in [0.717, 1.165) is 5.56 Å². The Bertz CT molecular complexity index is 713. The van der Waals surface area contributed by atoms with E-state index < -0.39 is 0 Å². The van der Waals surface area contributed by atoms with Gasteiger partial charge in [-0.2, -0.15) is 0 Å². The highest BCUT2D eigenvalue weighted by Crippen LogP contribution is 2.39. The molecular weight excluding hydrogens is 292 g/mol. The first kappa shape index (κ1) is 14.2. The van der Waals surface area contributed by atoms with Crippen molar-refractivity contribution in [3.63, 3.8) is 0 Å². The van der Waals surface area contributed by atoms with E-state index in [1.165, 1.54) is 36.0 Å². The van der Waals surface area contributed by atoms with E-state index in [1.54, 1.807) is 11.3 Å². The summed E-state index contributed by atoms with van der Waals surface area (Å²) in [6.45, 7) is 6.88. The molecule has 2 aromatic rings. The number of thiophene rings is 1. The molecule has 3 aliphatic rings. The Hall–Kier alpha value is -1.39. The van der Waals surface area contributed by atoms with Crippen LogP contribution in [0.1, 0.15) is 37.0 Å². The molecule has 3 aliphatic heterocycles. The van der Waals surface area contributed by atoms with Crippen LogP contribution in [0.3, 0.4) is 0 Å². The van der Waals surface area contributed by atoms with Gasteiger partial charge in [0.15, 0.2) is 0 Å². The van der Waals surface area contributed by atoms with E-state index in [0.29, 0.717) is 5.92 Å². The first-order valence-electron chi connectivity index (χ1n) is 8.09. The summed E-state index contributed by atoms with van der Waals surface area (Å²) in [4.78, 5) is 15.2. The van der Waals surface area contributed by atoms with Gasteiger partial charge in [-0.3, -0.25) is 9.69 Å². The van der Waals surface area contributed by atoms with Gasteiger partial charge < -0.3 is 5.32 Å². The number of nitrogens with zero attached hydrogens (tertiary/aromatic N) is 1. The zero-order valence-corrected chi connectivity index (χ0v) is 14.0. The Labute approximate surface area is 135 Å². The Morgan fingerprint density at radius 2 is 2.05 bits per heavy atom. The van der Waals surface area contributed by atoms with Crippen LogP contribution in [0.5, 0.6) is 0 Å². The highest BCUT2D eigenvalue weighted by Gasteiger charge is 2.48. The SMILES string of the molecule is CC1(C)C(NC(=O)c2ccc3ccsc3c2)C2CCN1CC2. The summed E-state index contributed by atoms with van der Waals surface area (Å²) in [7, 11) is 0. The largest absolute Gasteiger partial charge is 0.347 e. The maximum Gasteiger partial charge on any atom is 0.251 e. The second-order valence-corrected chi connectivity index (χ2v) is 8.05.